The van der Waals surface area contributed by atoms with Crippen molar-refractivity contribution in [2.45, 2.75) is 39.2 Å². The Balaban J connectivity index is 2.19. The van der Waals surface area contributed by atoms with Gasteiger partial charge >= 0.3 is 0 Å². The van der Waals surface area contributed by atoms with Gasteiger partial charge < -0.3 is 4.74 Å². The topological polar surface area (TPSA) is 35.0 Å². The van der Waals surface area contributed by atoms with Gasteiger partial charge in [-0.2, -0.15) is 0 Å². The largest absolute Gasteiger partial charge is 0.379 e. The van der Waals surface area contributed by atoms with E-state index in [1.54, 1.807) is 18.5 Å². The molecule has 16 heavy (non-hydrogen) atoms. The summed E-state index contributed by atoms with van der Waals surface area (Å²) in [6.45, 7) is 4.89. The zero-order chi connectivity index (χ0) is 11.6. The van der Waals surface area contributed by atoms with E-state index >= 15 is 0 Å². The lowest BCUT2D eigenvalue weighted by molar-refractivity contribution is 0.0692. The molecule has 1 unspecified atom stereocenters. The van der Waals surface area contributed by atoms with Crippen molar-refractivity contribution >= 4 is 0 Å². The summed E-state index contributed by atoms with van der Waals surface area (Å²) in [5, 5.41) is 0. The average Bonchev–Trinajstić information content (AvgIpc) is 2.30. The molecular weight excluding hydrogens is 200 g/mol. The molecule has 86 valence electrons. The highest BCUT2D eigenvalue weighted by atomic mass is 16.5. The van der Waals surface area contributed by atoms with Crippen LogP contribution in [0.25, 0.3) is 0 Å². The molecule has 0 fully saturated rings. The Bertz CT molecular complexity index is 340. The van der Waals surface area contributed by atoms with Crippen molar-refractivity contribution in [2.24, 2.45) is 0 Å². The molecule has 0 aliphatic rings. The van der Waals surface area contributed by atoms with Gasteiger partial charge in [0.1, 0.15) is 0 Å². The van der Waals surface area contributed by atoms with Crippen molar-refractivity contribution in [1.82, 2.24) is 9.97 Å². The number of rotatable bonds is 5. The van der Waals surface area contributed by atoms with Crippen LogP contribution in [0.15, 0.2) is 18.5 Å². The second-order valence-electron chi connectivity index (χ2n) is 3.53. The minimum absolute atomic E-state index is 0.333. The van der Waals surface area contributed by atoms with Gasteiger partial charge in [0.2, 0.25) is 5.82 Å². The fourth-order valence-electron chi connectivity index (χ4n) is 1.35. The van der Waals surface area contributed by atoms with Gasteiger partial charge in [0, 0.05) is 25.4 Å². The van der Waals surface area contributed by atoms with E-state index in [-0.39, 0.29) is 0 Å². The van der Waals surface area contributed by atoms with E-state index in [4.69, 9.17) is 4.74 Å². The monoisotopic (exact) mass is 218 g/mol. The highest BCUT2D eigenvalue weighted by Gasteiger charge is 1.98. The predicted molar refractivity (Wildman–Crippen MR) is 63.8 cm³/mol. The SMILES string of the molecule is CCOC(C)CCCC#Cc1ncccn1. The van der Waals surface area contributed by atoms with Gasteiger partial charge in [0.25, 0.3) is 0 Å². The predicted octanol–water partition coefficient (Wildman–Crippen LogP) is 2.42. The molecule has 1 aromatic rings. The maximum Gasteiger partial charge on any atom is 0.204 e. The Morgan fingerprint density at radius 3 is 2.81 bits per heavy atom. The molecule has 1 aromatic heterocycles. The zero-order valence-electron chi connectivity index (χ0n) is 9.94. The van der Waals surface area contributed by atoms with E-state index < -0.39 is 0 Å². The third kappa shape index (κ3) is 5.47. The molecule has 3 nitrogen and oxygen atoms in total. The molecule has 0 saturated heterocycles. The Hall–Kier alpha value is -1.40. The average molecular weight is 218 g/mol. The first-order valence-corrected chi connectivity index (χ1v) is 5.70. The van der Waals surface area contributed by atoms with Gasteiger partial charge in [-0.3, -0.25) is 0 Å². The summed E-state index contributed by atoms with van der Waals surface area (Å²) in [6.07, 6.45) is 6.72. The van der Waals surface area contributed by atoms with Gasteiger partial charge in [0.15, 0.2) is 0 Å². The quantitative estimate of drug-likeness (QED) is 0.562. The van der Waals surface area contributed by atoms with Gasteiger partial charge in [0.05, 0.1) is 6.10 Å². The van der Waals surface area contributed by atoms with E-state index in [9.17, 15) is 0 Å². The Morgan fingerprint density at radius 1 is 1.38 bits per heavy atom. The molecule has 1 rings (SSSR count). The molecule has 0 aliphatic heterocycles. The van der Waals surface area contributed by atoms with Crippen LogP contribution in [0.2, 0.25) is 0 Å². The van der Waals surface area contributed by atoms with Crippen LogP contribution in [-0.2, 0) is 4.74 Å². The highest BCUT2D eigenvalue weighted by molar-refractivity contribution is 5.19. The first-order valence-electron chi connectivity index (χ1n) is 5.70. The first-order chi connectivity index (χ1) is 7.83. The maximum absolute atomic E-state index is 5.43. The number of ether oxygens (including phenoxy) is 1. The minimum atomic E-state index is 0.333. The number of hydrogen-bond donors (Lipinski definition) is 0. The Labute approximate surface area is 97.3 Å². The van der Waals surface area contributed by atoms with Gasteiger partial charge in [-0.25, -0.2) is 9.97 Å². The highest BCUT2D eigenvalue weighted by Crippen LogP contribution is 2.03. The number of nitrogens with zero attached hydrogens (tertiary/aromatic N) is 2. The summed E-state index contributed by atoms with van der Waals surface area (Å²) in [5.41, 5.74) is 0. The molecule has 0 radical (unpaired) electrons. The molecule has 0 amide bonds. The third-order valence-electron chi connectivity index (χ3n) is 2.13. The van der Waals surface area contributed by atoms with E-state index in [0.29, 0.717) is 11.9 Å². The molecular formula is C13H18N2O. The van der Waals surface area contributed by atoms with Crippen LogP contribution in [0.1, 0.15) is 38.9 Å². The molecule has 1 heterocycles. The molecule has 0 aromatic carbocycles. The van der Waals surface area contributed by atoms with Crippen LogP contribution in [-0.4, -0.2) is 22.7 Å². The summed E-state index contributed by atoms with van der Waals surface area (Å²) in [6, 6.07) is 1.79. The summed E-state index contributed by atoms with van der Waals surface area (Å²) in [5.74, 6) is 6.60. The second kappa shape index (κ2) is 7.84. The van der Waals surface area contributed by atoms with Gasteiger partial charge in [-0.05, 0) is 38.7 Å². The zero-order valence-corrected chi connectivity index (χ0v) is 9.94. The minimum Gasteiger partial charge on any atom is -0.379 e. The summed E-state index contributed by atoms with van der Waals surface area (Å²) in [7, 11) is 0. The number of aromatic nitrogens is 2. The van der Waals surface area contributed by atoms with Crippen molar-refractivity contribution in [1.29, 1.82) is 0 Å². The molecule has 0 aliphatic carbocycles. The van der Waals surface area contributed by atoms with Crippen LogP contribution in [0, 0.1) is 11.8 Å². The van der Waals surface area contributed by atoms with E-state index in [2.05, 4.69) is 28.7 Å². The maximum atomic E-state index is 5.43. The van der Waals surface area contributed by atoms with Crippen molar-refractivity contribution in [3.05, 3.63) is 24.3 Å². The molecule has 0 N–H and O–H groups in total. The molecule has 3 heteroatoms. The number of unbranched alkanes of at least 4 members (excludes halogenated alkanes) is 1. The fourth-order valence-corrected chi connectivity index (χ4v) is 1.35. The second-order valence-corrected chi connectivity index (χ2v) is 3.53. The lowest BCUT2D eigenvalue weighted by Crippen LogP contribution is -2.06. The molecule has 1 atom stereocenters. The van der Waals surface area contributed by atoms with Crippen molar-refractivity contribution < 1.29 is 4.74 Å². The van der Waals surface area contributed by atoms with Crippen molar-refractivity contribution in [3.8, 4) is 11.8 Å². The summed E-state index contributed by atoms with van der Waals surface area (Å²) >= 11 is 0. The standard InChI is InChI=1S/C13H18N2O/c1-3-16-12(2)8-5-4-6-9-13-14-10-7-11-15-13/h7,10-12H,3-5,8H2,1-2H3. The third-order valence-corrected chi connectivity index (χ3v) is 2.13. The normalized spacial score (nSPS) is 11.6. The van der Waals surface area contributed by atoms with E-state index in [1.807, 2.05) is 6.92 Å². The Kier molecular flexibility index (Phi) is 6.20. The Morgan fingerprint density at radius 2 is 2.12 bits per heavy atom. The smallest absolute Gasteiger partial charge is 0.204 e. The molecule has 0 saturated carbocycles. The fraction of sp³-hybridized carbons (Fsp3) is 0.538. The van der Waals surface area contributed by atoms with Gasteiger partial charge in [-0.15, -0.1) is 0 Å². The lowest BCUT2D eigenvalue weighted by atomic mass is 10.2. The summed E-state index contributed by atoms with van der Waals surface area (Å²) in [4.78, 5) is 8.06. The summed E-state index contributed by atoms with van der Waals surface area (Å²) < 4.78 is 5.43. The number of hydrogen-bond acceptors (Lipinski definition) is 3. The van der Waals surface area contributed by atoms with E-state index in [1.165, 1.54) is 0 Å². The molecule has 0 spiro atoms. The van der Waals surface area contributed by atoms with Crippen LogP contribution < -0.4 is 0 Å². The lowest BCUT2D eigenvalue weighted by Gasteiger charge is -2.09. The van der Waals surface area contributed by atoms with Crippen LogP contribution in [0.3, 0.4) is 0 Å². The van der Waals surface area contributed by atoms with Gasteiger partial charge in [-0.1, -0.05) is 5.92 Å². The van der Waals surface area contributed by atoms with Crippen molar-refractivity contribution in [3.63, 3.8) is 0 Å². The molecule has 0 bridgehead atoms. The van der Waals surface area contributed by atoms with Crippen LogP contribution in [0.5, 0.6) is 0 Å². The van der Waals surface area contributed by atoms with E-state index in [0.717, 1.165) is 25.9 Å². The van der Waals surface area contributed by atoms with Crippen LogP contribution >= 0.6 is 0 Å². The van der Waals surface area contributed by atoms with Crippen molar-refractivity contribution in [2.75, 3.05) is 6.61 Å². The van der Waals surface area contributed by atoms with Crippen LogP contribution in [0.4, 0.5) is 0 Å². The first kappa shape index (κ1) is 12.7.